The van der Waals surface area contributed by atoms with Crippen LogP contribution in [0.4, 0.5) is 0 Å². The minimum absolute atomic E-state index is 0.435. The van der Waals surface area contributed by atoms with E-state index >= 15 is 0 Å². The van der Waals surface area contributed by atoms with Crippen LogP contribution in [-0.4, -0.2) is 44.4 Å². The molecule has 0 spiro atoms. The van der Waals surface area contributed by atoms with E-state index in [-0.39, 0.29) is 0 Å². The molecule has 0 bridgehead atoms. The second-order valence-electron chi connectivity index (χ2n) is 4.72. The number of aliphatic imine (C=N–C) groups is 1. The van der Waals surface area contributed by atoms with Crippen molar-refractivity contribution in [3.05, 3.63) is 12.7 Å². The zero-order valence-corrected chi connectivity index (χ0v) is 10.2. The van der Waals surface area contributed by atoms with Crippen molar-refractivity contribution in [1.82, 2.24) is 0 Å². The maximum absolute atomic E-state index is 4.53. The molecule has 0 radical (unpaired) electrons. The first-order valence-electron chi connectivity index (χ1n) is 5.42. The van der Waals surface area contributed by atoms with Gasteiger partial charge in [0.05, 0.1) is 33.7 Å². The third kappa shape index (κ3) is 7.99. The maximum Gasteiger partial charge on any atom is 0.0801 e. The third-order valence-electron chi connectivity index (χ3n) is 2.07. The fraction of sp³-hybridized carbons (Fsp3) is 0.750. The average molecular weight is 197 g/mol. The monoisotopic (exact) mass is 197 g/mol. The summed E-state index contributed by atoms with van der Waals surface area (Å²) in [7, 11) is 6.65. The standard InChI is InChI=1S/C12H25N2/c1-6-8-12(13-10-7-2)9-11-14(3,4)5/h6,10,12H,1,7-9,11H2,2-5H3/q+1. The van der Waals surface area contributed by atoms with Crippen molar-refractivity contribution in [3.8, 4) is 0 Å². The van der Waals surface area contributed by atoms with Gasteiger partial charge < -0.3 is 4.48 Å². The molecular weight excluding hydrogens is 172 g/mol. The summed E-state index contributed by atoms with van der Waals surface area (Å²) in [5, 5.41) is 0. The highest BCUT2D eigenvalue weighted by molar-refractivity contribution is 5.56. The Hall–Kier alpha value is -0.630. The molecule has 0 rings (SSSR count). The van der Waals surface area contributed by atoms with Crippen LogP contribution in [0.25, 0.3) is 0 Å². The van der Waals surface area contributed by atoms with E-state index in [1.54, 1.807) is 0 Å². The summed E-state index contributed by atoms with van der Waals surface area (Å²) in [4.78, 5) is 4.53. The molecule has 2 heteroatoms. The molecule has 14 heavy (non-hydrogen) atoms. The Morgan fingerprint density at radius 3 is 2.43 bits per heavy atom. The molecule has 0 aromatic heterocycles. The SMILES string of the molecule is C=CCC(CC[N+](C)(C)C)N=CCC. The van der Waals surface area contributed by atoms with E-state index in [0.717, 1.165) is 23.7 Å². The quantitative estimate of drug-likeness (QED) is 0.338. The van der Waals surface area contributed by atoms with Gasteiger partial charge in [-0.1, -0.05) is 13.0 Å². The van der Waals surface area contributed by atoms with Crippen LogP contribution in [0.2, 0.25) is 0 Å². The summed E-state index contributed by atoms with van der Waals surface area (Å²) in [5.74, 6) is 0. The van der Waals surface area contributed by atoms with Crippen molar-refractivity contribution in [2.75, 3.05) is 27.7 Å². The number of hydrogen-bond acceptors (Lipinski definition) is 1. The summed E-state index contributed by atoms with van der Waals surface area (Å²) < 4.78 is 1.01. The zero-order valence-electron chi connectivity index (χ0n) is 10.2. The fourth-order valence-corrected chi connectivity index (χ4v) is 1.24. The van der Waals surface area contributed by atoms with Gasteiger partial charge in [0.25, 0.3) is 0 Å². The van der Waals surface area contributed by atoms with E-state index in [4.69, 9.17) is 0 Å². The van der Waals surface area contributed by atoms with Crippen molar-refractivity contribution in [1.29, 1.82) is 0 Å². The number of nitrogens with zero attached hydrogens (tertiary/aromatic N) is 2. The molecule has 2 nitrogen and oxygen atoms in total. The van der Waals surface area contributed by atoms with E-state index in [2.05, 4.69) is 39.6 Å². The van der Waals surface area contributed by atoms with Crippen LogP contribution in [0.1, 0.15) is 26.2 Å². The first-order chi connectivity index (χ1) is 6.49. The zero-order chi connectivity index (χ0) is 11.0. The summed E-state index contributed by atoms with van der Waals surface area (Å²) in [6.07, 6.45) is 7.15. The van der Waals surface area contributed by atoms with Gasteiger partial charge in [0.2, 0.25) is 0 Å². The Labute approximate surface area is 88.9 Å². The van der Waals surface area contributed by atoms with Gasteiger partial charge in [-0.25, -0.2) is 0 Å². The summed E-state index contributed by atoms with van der Waals surface area (Å²) in [6.45, 7) is 7.06. The van der Waals surface area contributed by atoms with Crippen LogP contribution in [0.5, 0.6) is 0 Å². The Bertz CT molecular complexity index is 177. The van der Waals surface area contributed by atoms with E-state index in [9.17, 15) is 0 Å². The molecule has 0 aliphatic carbocycles. The Morgan fingerprint density at radius 2 is 2.00 bits per heavy atom. The highest BCUT2D eigenvalue weighted by atomic mass is 15.3. The molecule has 0 aromatic rings. The van der Waals surface area contributed by atoms with Crippen molar-refractivity contribution in [2.24, 2.45) is 4.99 Å². The molecule has 1 unspecified atom stereocenters. The average Bonchev–Trinajstić information content (AvgIpc) is 2.08. The van der Waals surface area contributed by atoms with Crippen molar-refractivity contribution in [3.63, 3.8) is 0 Å². The smallest absolute Gasteiger partial charge is 0.0801 e. The number of quaternary nitrogens is 1. The summed E-state index contributed by atoms with van der Waals surface area (Å²) >= 11 is 0. The van der Waals surface area contributed by atoms with Crippen LogP contribution in [0, 0.1) is 0 Å². The lowest BCUT2D eigenvalue weighted by molar-refractivity contribution is -0.870. The molecule has 0 saturated carbocycles. The van der Waals surface area contributed by atoms with Crippen LogP contribution in [0.3, 0.4) is 0 Å². The van der Waals surface area contributed by atoms with Gasteiger partial charge in [0.15, 0.2) is 0 Å². The molecule has 0 fully saturated rings. The van der Waals surface area contributed by atoms with Crippen molar-refractivity contribution >= 4 is 6.21 Å². The van der Waals surface area contributed by atoms with Crippen molar-refractivity contribution < 1.29 is 4.48 Å². The van der Waals surface area contributed by atoms with Gasteiger partial charge in [-0.15, -0.1) is 6.58 Å². The van der Waals surface area contributed by atoms with Crippen LogP contribution < -0.4 is 0 Å². The van der Waals surface area contributed by atoms with Gasteiger partial charge in [0.1, 0.15) is 0 Å². The number of rotatable bonds is 7. The highest BCUT2D eigenvalue weighted by Crippen LogP contribution is 2.07. The van der Waals surface area contributed by atoms with Gasteiger partial charge in [-0.2, -0.15) is 0 Å². The Balaban J connectivity index is 3.96. The van der Waals surface area contributed by atoms with Gasteiger partial charge in [0, 0.05) is 6.42 Å². The van der Waals surface area contributed by atoms with Crippen LogP contribution >= 0.6 is 0 Å². The second kappa shape index (κ2) is 6.77. The van der Waals surface area contributed by atoms with E-state index in [0.29, 0.717) is 6.04 Å². The predicted octanol–water partition coefficient (Wildman–Crippen LogP) is 2.51. The lowest BCUT2D eigenvalue weighted by Gasteiger charge is -2.25. The summed E-state index contributed by atoms with van der Waals surface area (Å²) in [6, 6.07) is 0.435. The van der Waals surface area contributed by atoms with Crippen LogP contribution in [0.15, 0.2) is 17.6 Å². The van der Waals surface area contributed by atoms with Crippen LogP contribution in [-0.2, 0) is 0 Å². The third-order valence-corrected chi connectivity index (χ3v) is 2.07. The topological polar surface area (TPSA) is 12.4 Å². The molecular formula is C12H25N2+. The molecule has 1 atom stereocenters. The van der Waals surface area contributed by atoms with Gasteiger partial charge in [-0.3, -0.25) is 4.99 Å². The molecule has 0 aromatic carbocycles. The van der Waals surface area contributed by atoms with E-state index < -0.39 is 0 Å². The molecule has 82 valence electrons. The second-order valence-corrected chi connectivity index (χ2v) is 4.72. The molecule has 0 saturated heterocycles. The first kappa shape index (κ1) is 13.4. The minimum Gasteiger partial charge on any atom is -0.331 e. The lowest BCUT2D eigenvalue weighted by Crippen LogP contribution is -2.36. The molecule has 0 aliphatic heterocycles. The molecule has 0 aliphatic rings. The number of hydrogen-bond donors (Lipinski definition) is 0. The van der Waals surface area contributed by atoms with E-state index in [1.807, 2.05) is 12.3 Å². The molecule has 0 heterocycles. The van der Waals surface area contributed by atoms with Gasteiger partial charge in [-0.05, 0) is 19.1 Å². The van der Waals surface area contributed by atoms with Gasteiger partial charge >= 0.3 is 0 Å². The summed E-state index contributed by atoms with van der Waals surface area (Å²) in [5.41, 5.74) is 0. The van der Waals surface area contributed by atoms with Crippen molar-refractivity contribution in [2.45, 2.75) is 32.2 Å². The van der Waals surface area contributed by atoms with E-state index in [1.165, 1.54) is 6.54 Å². The fourth-order valence-electron chi connectivity index (χ4n) is 1.24. The molecule has 0 N–H and O–H groups in total. The normalized spacial score (nSPS) is 14.6. The Morgan fingerprint density at radius 1 is 1.36 bits per heavy atom. The minimum atomic E-state index is 0.435. The lowest BCUT2D eigenvalue weighted by atomic mass is 10.1. The Kier molecular flexibility index (Phi) is 6.46. The molecule has 0 amide bonds. The first-order valence-corrected chi connectivity index (χ1v) is 5.42. The highest BCUT2D eigenvalue weighted by Gasteiger charge is 2.11. The predicted molar refractivity (Wildman–Crippen MR) is 64.9 cm³/mol. The maximum atomic E-state index is 4.53. The largest absolute Gasteiger partial charge is 0.331 e.